The van der Waals surface area contributed by atoms with Crippen LogP contribution in [0.25, 0.3) is 0 Å². The van der Waals surface area contributed by atoms with Gasteiger partial charge in [-0.05, 0) is 38.4 Å². The van der Waals surface area contributed by atoms with Gasteiger partial charge in [-0.15, -0.1) is 5.92 Å². The van der Waals surface area contributed by atoms with E-state index in [1.165, 1.54) is 103 Å². The molecule has 378 valence electrons. The number of halogens is 3. The quantitative estimate of drug-likeness (QED) is 0.0241. The van der Waals surface area contributed by atoms with Gasteiger partial charge in [0.2, 0.25) is 26.6 Å². The molecule has 0 saturated carbocycles. The van der Waals surface area contributed by atoms with E-state index in [-0.39, 0.29) is 11.9 Å². The number of hydrogen-bond acceptors (Lipinski definition) is 15. The lowest BCUT2D eigenvalue weighted by atomic mass is 9.85. The highest BCUT2D eigenvalue weighted by Crippen LogP contribution is 2.30. The van der Waals surface area contributed by atoms with E-state index in [2.05, 4.69) is 41.8 Å². The lowest BCUT2D eigenvalue weighted by Crippen LogP contribution is -2.63. The van der Waals surface area contributed by atoms with Crippen molar-refractivity contribution < 1.29 is 82.6 Å². The first-order valence-electron chi connectivity index (χ1n) is 22.2. The Morgan fingerprint density at radius 2 is 1.11 bits per heavy atom. The molecule has 1 aliphatic rings. The second-order valence-electron chi connectivity index (χ2n) is 16.9. The first-order chi connectivity index (χ1) is 30.0. The van der Waals surface area contributed by atoms with Crippen molar-refractivity contribution in [3.63, 3.8) is 0 Å². The molecular formula is C44H76F3NO15SSi. The van der Waals surface area contributed by atoms with Crippen LogP contribution in [0.3, 0.4) is 0 Å². The van der Waals surface area contributed by atoms with E-state index in [1.807, 2.05) is 6.92 Å². The number of nitrogens with one attached hydrogen (secondary N) is 1. The van der Waals surface area contributed by atoms with Gasteiger partial charge < -0.3 is 37.6 Å². The van der Waals surface area contributed by atoms with Crippen molar-refractivity contribution in [1.29, 1.82) is 0 Å². The Kier molecular flexibility index (Phi) is 32.0. The number of esters is 5. The number of carbonyl (C=O) groups excluding carboxylic acids is 6. The molecule has 0 aromatic carbocycles. The van der Waals surface area contributed by atoms with E-state index < -0.39 is 91.1 Å². The Bertz CT molecular complexity index is 1630. The largest absolute Gasteiger partial charge is 0.522 e. The van der Waals surface area contributed by atoms with Crippen LogP contribution in [0, 0.1) is 23.7 Å². The highest BCUT2D eigenvalue weighted by molar-refractivity contribution is 7.88. The van der Waals surface area contributed by atoms with Gasteiger partial charge in [-0.25, -0.2) is 0 Å². The number of alkyl halides is 3. The summed E-state index contributed by atoms with van der Waals surface area (Å²) in [7, 11) is -8.10. The normalized spacial score (nSPS) is 19.7. The fourth-order valence-electron chi connectivity index (χ4n) is 6.40. The van der Waals surface area contributed by atoms with Gasteiger partial charge in [0.05, 0.1) is 6.04 Å². The van der Waals surface area contributed by atoms with Crippen LogP contribution in [0.2, 0.25) is 19.6 Å². The molecule has 2 unspecified atom stereocenters. The molecule has 1 rings (SSSR count). The van der Waals surface area contributed by atoms with Crippen molar-refractivity contribution in [2.24, 2.45) is 11.8 Å². The van der Waals surface area contributed by atoms with E-state index >= 15 is 0 Å². The summed E-state index contributed by atoms with van der Waals surface area (Å²) in [6, 6.07) is -0.00942. The van der Waals surface area contributed by atoms with Gasteiger partial charge in [-0.1, -0.05) is 110 Å². The third-order valence-corrected chi connectivity index (χ3v) is 12.9. The van der Waals surface area contributed by atoms with Crippen molar-refractivity contribution >= 4 is 54.2 Å². The van der Waals surface area contributed by atoms with Gasteiger partial charge >= 0.3 is 45.5 Å². The number of amides is 1. The number of ether oxygens (including phenoxy) is 6. The topological polar surface area (TPSA) is 213 Å². The fraction of sp³-hybridized carbons (Fsp3) is 0.818. The summed E-state index contributed by atoms with van der Waals surface area (Å²) in [6.07, 6.45) is 11.3. The molecule has 0 aromatic rings. The SMILES string of the molecule is CC#C[C@H](NC(C)=O)[C@H](C)[C@H](C)CCCCCCCCCCCCCC.CC(=O)OCC1O[C@H](OC(C)=O)C(OC(C)=O)[C@@H](OC(C)=O)[C@H]1OC(C)=O.C[Si](C)(C)OS(=O)(=O)C(F)(F)F. The number of hydrogen-bond donors (Lipinski definition) is 1. The van der Waals surface area contributed by atoms with Crippen LogP contribution < -0.4 is 5.32 Å². The smallest absolute Gasteiger partial charge is 0.463 e. The molecule has 65 heavy (non-hydrogen) atoms. The Morgan fingerprint density at radius 3 is 1.48 bits per heavy atom. The summed E-state index contributed by atoms with van der Waals surface area (Å²) >= 11 is 0. The lowest BCUT2D eigenvalue weighted by Gasteiger charge is -2.43. The minimum Gasteiger partial charge on any atom is -0.463 e. The van der Waals surface area contributed by atoms with E-state index in [4.69, 9.17) is 28.4 Å². The van der Waals surface area contributed by atoms with Gasteiger partial charge in [-0.3, -0.25) is 28.8 Å². The van der Waals surface area contributed by atoms with Crippen molar-refractivity contribution in [2.75, 3.05) is 6.61 Å². The van der Waals surface area contributed by atoms with Gasteiger partial charge in [0.1, 0.15) is 12.7 Å². The van der Waals surface area contributed by atoms with E-state index in [0.717, 1.165) is 34.6 Å². The monoisotopic (exact) mass is 975 g/mol. The molecular weight excluding hydrogens is 900 g/mol. The zero-order valence-corrected chi connectivity index (χ0v) is 42.5. The Hall–Kier alpha value is -3.74. The highest BCUT2D eigenvalue weighted by atomic mass is 32.2. The summed E-state index contributed by atoms with van der Waals surface area (Å²) in [5.74, 6) is 3.42. The first kappa shape index (κ1) is 63.3. The standard InChI is InChI=1S/C24H45NO.C16H22O11.C4H9F3O3SSi/c1-6-8-9-10-11-12-13-14-15-16-17-18-20-21(3)22(4)24(19-7-2)25-23(5)26;1-7(17)22-6-12-13(23-8(2)18)14(24-9(3)19)15(25-10(4)20)16(27-12)26-11(5)21;1-12(2,3)10-11(8,9)4(5,6)7/h21-22,24H,6,8-18,20H2,1-5H3,(H,25,26);12-16H,6H2,1-5H3;1-3H3/t21-,22-,24+;12?,13-,14-,15?,16-;/m10./s1. The molecule has 16 nitrogen and oxygen atoms in total. The molecule has 0 aliphatic carbocycles. The van der Waals surface area contributed by atoms with Crippen LogP contribution in [-0.2, 0) is 71.2 Å². The second kappa shape index (κ2) is 32.8. The third-order valence-electron chi connectivity index (χ3n) is 9.47. The molecule has 1 aliphatic heterocycles. The van der Waals surface area contributed by atoms with E-state index in [9.17, 15) is 50.4 Å². The molecule has 0 bridgehead atoms. The predicted molar refractivity (Wildman–Crippen MR) is 238 cm³/mol. The summed E-state index contributed by atoms with van der Waals surface area (Å²) in [4.78, 5) is 68.4. The summed E-state index contributed by atoms with van der Waals surface area (Å²) in [5, 5.41) is 3.00. The molecule has 8 atom stereocenters. The van der Waals surface area contributed by atoms with E-state index in [1.54, 1.807) is 6.92 Å². The molecule has 1 amide bonds. The maximum atomic E-state index is 11.7. The summed E-state index contributed by atoms with van der Waals surface area (Å²) in [6.45, 7) is 19.4. The molecule has 21 heteroatoms. The number of rotatable bonds is 24. The minimum absolute atomic E-state index is 0.00942. The summed E-state index contributed by atoms with van der Waals surface area (Å²) in [5.41, 5.74) is -5.31. The average molecular weight is 976 g/mol. The van der Waals surface area contributed by atoms with Crippen LogP contribution >= 0.6 is 0 Å². The Labute approximate surface area is 386 Å². The molecule has 1 N–H and O–H groups in total. The summed E-state index contributed by atoms with van der Waals surface area (Å²) < 4.78 is 90.5. The number of unbranched alkanes of at least 4 members (excludes halogenated alkanes) is 11. The zero-order valence-electron chi connectivity index (χ0n) is 40.7. The second-order valence-corrected chi connectivity index (χ2v) is 23.1. The van der Waals surface area contributed by atoms with Gasteiger partial charge in [0.15, 0.2) is 12.2 Å². The van der Waals surface area contributed by atoms with Crippen LogP contribution in [0.15, 0.2) is 0 Å². The number of carbonyl (C=O) groups is 6. The van der Waals surface area contributed by atoms with Crippen molar-refractivity contribution in [3.05, 3.63) is 0 Å². The molecule has 1 fully saturated rings. The minimum atomic E-state index is -5.39. The van der Waals surface area contributed by atoms with Gasteiger partial charge in [0.25, 0.3) is 0 Å². The van der Waals surface area contributed by atoms with Crippen LogP contribution in [0.5, 0.6) is 0 Å². The van der Waals surface area contributed by atoms with E-state index in [0.29, 0.717) is 11.8 Å². The molecule has 1 heterocycles. The third kappa shape index (κ3) is 31.0. The lowest BCUT2D eigenvalue weighted by molar-refractivity contribution is -0.300. The van der Waals surface area contributed by atoms with Crippen molar-refractivity contribution in [3.8, 4) is 11.8 Å². The first-order valence-corrected chi connectivity index (χ1v) is 27.0. The fourth-order valence-corrected chi connectivity index (χ4v) is 9.41. The van der Waals surface area contributed by atoms with Gasteiger partial charge in [-0.2, -0.15) is 21.6 Å². The van der Waals surface area contributed by atoms with Crippen LogP contribution in [0.4, 0.5) is 13.2 Å². The average Bonchev–Trinajstić information content (AvgIpc) is 3.14. The molecule has 0 aromatic heterocycles. The maximum Gasteiger partial charge on any atom is 0.522 e. The highest BCUT2D eigenvalue weighted by Gasteiger charge is 2.54. The molecule has 0 radical (unpaired) electrons. The zero-order chi connectivity index (χ0) is 50.6. The maximum absolute atomic E-state index is 11.7. The Balaban J connectivity index is 0. The van der Waals surface area contributed by atoms with Crippen LogP contribution in [0.1, 0.15) is 153 Å². The van der Waals surface area contributed by atoms with Crippen LogP contribution in [-0.4, -0.2) is 101 Å². The van der Waals surface area contributed by atoms with Gasteiger partial charge in [0, 0.05) is 41.5 Å². The molecule has 1 saturated heterocycles. The predicted octanol–water partition coefficient (Wildman–Crippen LogP) is 8.20. The van der Waals surface area contributed by atoms with Crippen molar-refractivity contribution in [1.82, 2.24) is 5.32 Å². The molecule has 0 spiro atoms. The van der Waals surface area contributed by atoms with Crippen molar-refractivity contribution in [2.45, 2.75) is 215 Å². The Morgan fingerprint density at radius 1 is 0.677 bits per heavy atom.